The molecule has 1 aromatic heterocycles. The van der Waals surface area contributed by atoms with E-state index in [9.17, 15) is 0 Å². The number of rotatable bonds is 3. The van der Waals surface area contributed by atoms with E-state index in [0.29, 0.717) is 0 Å². The van der Waals surface area contributed by atoms with Crippen molar-refractivity contribution in [3.8, 4) is 0 Å². The molecule has 1 aliphatic rings. The Kier molecular flexibility index (Phi) is 4.06. The number of benzene rings is 2. The Hall–Kier alpha value is -1.85. The fourth-order valence-corrected chi connectivity index (χ4v) is 3.25. The van der Waals surface area contributed by atoms with E-state index in [1.807, 2.05) is 41.1 Å². The van der Waals surface area contributed by atoms with Gasteiger partial charge < -0.3 is 10.1 Å². The van der Waals surface area contributed by atoms with Gasteiger partial charge in [0.05, 0.1) is 5.52 Å². The van der Waals surface area contributed by atoms with Gasteiger partial charge in [0, 0.05) is 22.2 Å². The SMILES string of the molecule is Brc1ccc(Nc2nn(C3CCCCO3)c3ccccc23)cc1. The number of fused-ring (bicyclic) bond motifs is 1. The first-order valence-corrected chi connectivity index (χ1v) is 8.72. The van der Waals surface area contributed by atoms with Crippen LogP contribution in [-0.2, 0) is 4.74 Å². The Balaban J connectivity index is 1.73. The number of hydrogen-bond acceptors (Lipinski definition) is 3. The lowest BCUT2D eigenvalue weighted by atomic mass is 10.2. The minimum absolute atomic E-state index is 0.0362. The summed E-state index contributed by atoms with van der Waals surface area (Å²) in [6, 6.07) is 16.4. The molecule has 5 heteroatoms. The van der Waals surface area contributed by atoms with Crippen molar-refractivity contribution in [2.45, 2.75) is 25.5 Å². The smallest absolute Gasteiger partial charge is 0.160 e. The highest BCUT2D eigenvalue weighted by atomic mass is 79.9. The second-order valence-corrected chi connectivity index (χ2v) is 6.68. The first-order chi connectivity index (χ1) is 11.3. The average molecular weight is 372 g/mol. The Bertz CT molecular complexity index is 807. The molecule has 1 atom stereocenters. The number of para-hydroxylation sites is 1. The minimum atomic E-state index is 0.0362. The molecule has 1 saturated heterocycles. The van der Waals surface area contributed by atoms with Crippen LogP contribution >= 0.6 is 15.9 Å². The summed E-state index contributed by atoms with van der Waals surface area (Å²) in [6.45, 7) is 0.814. The Labute approximate surface area is 143 Å². The van der Waals surface area contributed by atoms with Crippen molar-refractivity contribution < 1.29 is 4.74 Å². The molecule has 1 N–H and O–H groups in total. The molecule has 0 aliphatic carbocycles. The highest BCUT2D eigenvalue weighted by Crippen LogP contribution is 2.31. The van der Waals surface area contributed by atoms with Crippen LogP contribution in [0.2, 0.25) is 0 Å². The molecular weight excluding hydrogens is 354 g/mol. The van der Waals surface area contributed by atoms with E-state index in [4.69, 9.17) is 9.84 Å². The molecule has 23 heavy (non-hydrogen) atoms. The molecule has 0 radical (unpaired) electrons. The second kappa shape index (κ2) is 6.34. The number of anilines is 2. The lowest BCUT2D eigenvalue weighted by Gasteiger charge is -2.23. The maximum atomic E-state index is 5.92. The van der Waals surface area contributed by atoms with Gasteiger partial charge in [0.15, 0.2) is 12.0 Å². The first kappa shape index (κ1) is 14.7. The van der Waals surface area contributed by atoms with E-state index >= 15 is 0 Å². The fourth-order valence-electron chi connectivity index (χ4n) is 2.99. The van der Waals surface area contributed by atoms with E-state index in [1.165, 1.54) is 6.42 Å². The standard InChI is InChI=1S/C18H18BrN3O/c19-13-8-10-14(11-9-13)20-18-15-5-1-2-6-16(15)22(21-18)17-7-3-4-12-23-17/h1-2,5-6,8-11,17H,3-4,7,12H2,(H,20,21). The van der Waals surface area contributed by atoms with Gasteiger partial charge in [-0.2, -0.15) is 5.10 Å². The molecule has 0 amide bonds. The van der Waals surface area contributed by atoms with Gasteiger partial charge in [-0.25, -0.2) is 4.68 Å². The summed E-state index contributed by atoms with van der Waals surface area (Å²) in [6.07, 6.45) is 3.38. The molecule has 0 saturated carbocycles. The van der Waals surface area contributed by atoms with E-state index in [1.54, 1.807) is 0 Å². The first-order valence-electron chi connectivity index (χ1n) is 7.93. The van der Waals surface area contributed by atoms with Crippen molar-refractivity contribution in [2.24, 2.45) is 0 Å². The van der Waals surface area contributed by atoms with E-state index in [2.05, 4.69) is 33.4 Å². The van der Waals surface area contributed by atoms with Crippen LogP contribution in [-0.4, -0.2) is 16.4 Å². The van der Waals surface area contributed by atoms with Crippen molar-refractivity contribution in [2.75, 3.05) is 11.9 Å². The van der Waals surface area contributed by atoms with E-state index in [-0.39, 0.29) is 6.23 Å². The van der Waals surface area contributed by atoms with Crippen LogP contribution in [0.15, 0.2) is 53.0 Å². The third-order valence-corrected chi connectivity index (χ3v) is 4.68. The largest absolute Gasteiger partial charge is 0.356 e. The van der Waals surface area contributed by atoms with E-state index < -0.39 is 0 Å². The second-order valence-electron chi connectivity index (χ2n) is 5.76. The maximum Gasteiger partial charge on any atom is 0.160 e. The van der Waals surface area contributed by atoms with Gasteiger partial charge in [-0.1, -0.05) is 28.1 Å². The molecule has 0 spiro atoms. The average Bonchev–Trinajstić information content (AvgIpc) is 2.97. The summed E-state index contributed by atoms with van der Waals surface area (Å²) in [5.41, 5.74) is 2.13. The normalized spacial score (nSPS) is 18.2. The van der Waals surface area contributed by atoms with Gasteiger partial charge in [0.25, 0.3) is 0 Å². The lowest BCUT2D eigenvalue weighted by molar-refractivity contribution is -0.0365. The van der Waals surface area contributed by atoms with Gasteiger partial charge in [-0.3, -0.25) is 0 Å². The third kappa shape index (κ3) is 2.99. The molecule has 1 unspecified atom stereocenters. The zero-order chi connectivity index (χ0) is 15.6. The van der Waals surface area contributed by atoms with Crippen LogP contribution in [0.3, 0.4) is 0 Å². The number of ether oxygens (including phenoxy) is 1. The Morgan fingerprint density at radius 2 is 1.91 bits per heavy atom. The molecule has 1 aliphatic heterocycles. The number of hydrogen-bond donors (Lipinski definition) is 1. The van der Waals surface area contributed by atoms with Crippen LogP contribution in [0.4, 0.5) is 11.5 Å². The van der Waals surface area contributed by atoms with Crippen LogP contribution in [0.5, 0.6) is 0 Å². The third-order valence-electron chi connectivity index (χ3n) is 4.15. The maximum absolute atomic E-state index is 5.92. The Morgan fingerprint density at radius 1 is 1.09 bits per heavy atom. The van der Waals surface area contributed by atoms with Gasteiger partial charge >= 0.3 is 0 Å². The predicted molar refractivity (Wildman–Crippen MR) is 96.0 cm³/mol. The number of halogens is 1. The molecule has 4 rings (SSSR count). The number of nitrogens with one attached hydrogen (secondary N) is 1. The van der Waals surface area contributed by atoms with Crippen LogP contribution in [0, 0.1) is 0 Å². The molecule has 118 valence electrons. The van der Waals surface area contributed by atoms with Crippen molar-refractivity contribution in [1.29, 1.82) is 0 Å². The van der Waals surface area contributed by atoms with Crippen LogP contribution in [0.25, 0.3) is 10.9 Å². The summed E-state index contributed by atoms with van der Waals surface area (Å²) in [5, 5.41) is 9.34. The fraction of sp³-hybridized carbons (Fsp3) is 0.278. The highest BCUT2D eigenvalue weighted by Gasteiger charge is 2.20. The molecule has 2 heterocycles. The summed E-state index contributed by atoms with van der Waals surface area (Å²) in [7, 11) is 0. The monoisotopic (exact) mass is 371 g/mol. The zero-order valence-electron chi connectivity index (χ0n) is 12.7. The zero-order valence-corrected chi connectivity index (χ0v) is 14.3. The van der Waals surface area contributed by atoms with Crippen LogP contribution < -0.4 is 5.32 Å². The lowest BCUT2D eigenvalue weighted by Crippen LogP contribution is -2.19. The van der Waals surface area contributed by atoms with E-state index in [0.717, 1.165) is 46.3 Å². The minimum Gasteiger partial charge on any atom is -0.356 e. The van der Waals surface area contributed by atoms with Crippen molar-refractivity contribution in [3.63, 3.8) is 0 Å². The summed E-state index contributed by atoms with van der Waals surface area (Å²) >= 11 is 3.46. The van der Waals surface area contributed by atoms with Gasteiger partial charge in [-0.15, -0.1) is 0 Å². The molecule has 3 aromatic rings. The molecule has 0 bridgehead atoms. The molecule has 1 fully saturated rings. The Morgan fingerprint density at radius 3 is 2.70 bits per heavy atom. The molecular formula is C18H18BrN3O. The number of aromatic nitrogens is 2. The van der Waals surface area contributed by atoms with Gasteiger partial charge in [-0.05, 0) is 55.7 Å². The van der Waals surface area contributed by atoms with Gasteiger partial charge in [0.2, 0.25) is 0 Å². The highest BCUT2D eigenvalue weighted by molar-refractivity contribution is 9.10. The predicted octanol–water partition coefficient (Wildman–Crippen LogP) is 5.24. The summed E-state index contributed by atoms with van der Waals surface area (Å²) in [4.78, 5) is 0. The van der Waals surface area contributed by atoms with Gasteiger partial charge in [0.1, 0.15) is 0 Å². The summed E-state index contributed by atoms with van der Waals surface area (Å²) in [5.74, 6) is 0.872. The molecule has 4 nitrogen and oxygen atoms in total. The topological polar surface area (TPSA) is 39.1 Å². The van der Waals surface area contributed by atoms with Crippen molar-refractivity contribution in [1.82, 2.24) is 9.78 Å². The summed E-state index contributed by atoms with van der Waals surface area (Å²) < 4.78 is 9.01. The van der Waals surface area contributed by atoms with Crippen molar-refractivity contribution >= 4 is 38.3 Å². The van der Waals surface area contributed by atoms with Crippen LogP contribution in [0.1, 0.15) is 25.5 Å². The molecule has 2 aromatic carbocycles. The van der Waals surface area contributed by atoms with Crippen molar-refractivity contribution in [3.05, 3.63) is 53.0 Å². The number of nitrogens with zero attached hydrogens (tertiary/aromatic N) is 2. The quantitative estimate of drug-likeness (QED) is 0.683.